The van der Waals surface area contributed by atoms with Crippen molar-refractivity contribution >= 4 is 17.5 Å². The molecule has 2 aliphatic rings. The first-order valence-corrected chi connectivity index (χ1v) is 8.60. The number of piperazine rings is 1. The van der Waals surface area contributed by atoms with Crippen molar-refractivity contribution in [2.24, 2.45) is 0 Å². The smallest absolute Gasteiger partial charge is 0.378 e. The molecule has 1 aromatic rings. The molecule has 3 heterocycles. The van der Waals surface area contributed by atoms with Gasteiger partial charge in [0.15, 0.2) is 0 Å². The molecule has 26 heavy (non-hydrogen) atoms. The molecule has 144 valence electrons. The number of morpholine rings is 1. The van der Waals surface area contributed by atoms with E-state index in [-0.39, 0.29) is 13.1 Å². The predicted octanol–water partition coefficient (Wildman–Crippen LogP) is 1.22. The number of anilines is 2. The van der Waals surface area contributed by atoms with Crippen molar-refractivity contribution in [3.63, 3.8) is 0 Å². The summed E-state index contributed by atoms with van der Waals surface area (Å²) in [5.41, 5.74) is 0. The van der Waals surface area contributed by atoms with Gasteiger partial charge >= 0.3 is 6.18 Å². The number of ether oxygens (including phenoxy) is 1. The fraction of sp³-hybridized carbons (Fsp3) is 0.688. The highest BCUT2D eigenvalue weighted by Crippen LogP contribution is 2.23. The second-order valence-electron chi connectivity index (χ2n) is 6.39. The molecule has 0 radical (unpaired) electrons. The highest BCUT2D eigenvalue weighted by atomic mass is 19.4. The van der Waals surface area contributed by atoms with E-state index in [4.69, 9.17) is 4.74 Å². The summed E-state index contributed by atoms with van der Waals surface area (Å²) in [6.45, 7) is 6.04. The number of rotatable bonds is 3. The molecule has 2 fully saturated rings. The van der Waals surface area contributed by atoms with Crippen LogP contribution in [0.1, 0.15) is 12.2 Å². The number of carbonyl (C=O) groups is 1. The number of aromatic nitrogens is 2. The van der Waals surface area contributed by atoms with Crippen molar-refractivity contribution in [3.8, 4) is 0 Å². The van der Waals surface area contributed by atoms with Gasteiger partial charge in [0.25, 0.3) is 0 Å². The second-order valence-corrected chi connectivity index (χ2v) is 6.39. The maximum atomic E-state index is 12.4. The lowest BCUT2D eigenvalue weighted by Crippen LogP contribution is -2.49. The first-order chi connectivity index (χ1) is 12.3. The molecule has 2 saturated heterocycles. The molecular formula is C16H22F3N5O2. The Morgan fingerprint density at radius 2 is 1.58 bits per heavy atom. The van der Waals surface area contributed by atoms with E-state index in [0.29, 0.717) is 32.1 Å². The molecular weight excluding hydrogens is 351 g/mol. The van der Waals surface area contributed by atoms with E-state index in [9.17, 15) is 18.0 Å². The zero-order chi connectivity index (χ0) is 18.7. The van der Waals surface area contributed by atoms with Gasteiger partial charge in [0.1, 0.15) is 23.9 Å². The number of alkyl halides is 3. The lowest BCUT2D eigenvalue weighted by atomic mass is 10.2. The standard InChI is InChI=1S/C16H22F3N5O2/c1-12-20-13(10-14(21-12)23-6-8-26-9-7-23)22-2-4-24(5-3-22)15(25)11-16(17,18)19/h10H,2-9,11H2,1H3. The Balaban J connectivity index is 1.64. The Morgan fingerprint density at radius 3 is 2.12 bits per heavy atom. The van der Waals surface area contributed by atoms with E-state index in [1.54, 1.807) is 0 Å². The van der Waals surface area contributed by atoms with E-state index in [1.165, 1.54) is 4.90 Å². The SMILES string of the molecule is Cc1nc(N2CCOCC2)cc(N2CCN(C(=O)CC(F)(F)F)CC2)n1. The van der Waals surface area contributed by atoms with Crippen LogP contribution in [-0.4, -0.2) is 79.4 Å². The number of carbonyl (C=O) groups excluding carboxylic acids is 1. The second kappa shape index (κ2) is 7.65. The Morgan fingerprint density at radius 1 is 1.04 bits per heavy atom. The fourth-order valence-corrected chi connectivity index (χ4v) is 3.12. The van der Waals surface area contributed by atoms with E-state index in [0.717, 1.165) is 24.7 Å². The lowest BCUT2D eigenvalue weighted by Gasteiger charge is -2.36. The number of hydrogen-bond donors (Lipinski definition) is 0. The molecule has 0 saturated carbocycles. The number of amides is 1. The van der Waals surface area contributed by atoms with Crippen LogP contribution in [0.15, 0.2) is 6.07 Å². The maximum Gasteiger partial charge on any atom is 0.397 e. The largest absolute Gasteiger partial charge is 0.397 e. The molecule has 0 atom stereocenters. The molecule has 0 spiro atoms. The van der Waals surface area contributed by atoms with Gasteiger partial charge in [0.05, 0.1) is 13.2 Å². The monoisotopic (exact) mass is 373 g/mol. The first kappa shape index (κ1) is 18.7. The summed E-state index contributed by atoms with van der Waals surface area (Å²) in [4.78, 5) is 26.0. The highest BCUT2D eigenvalue weighted by molar-refractivity contribution is 5.77. The molecule has 0 N–H and O–H groups in total. The Labute approximate surface area is 149 Å². The van der Waals surface area contributed by atoms with Crippen LogP contribution in [0.5, 0.6) is 0 Å². The van der Waals surface area contributed by atoms with E-state index in [1.807, 2.05) is 17.9 Å². The van der Waals surface area contributed by atoms with Crippen LogP contribution in [0.3, 0.4) is 0 Å². The van der Waals surface area contributed by atoms with Gasteiger partial charge in [-0.3, -0.25) is 4.79 Å². The van der Waals surface area contributed by atoms with Gasteiger partial charge in [-0.15, -0.1) is 0 Å². The zero-order valence-corrected chi connectivity index (χ0v) is 14.6. The minimum atomic E-state index is -4.47. The topological polar surface area (TPSA) is 61.8 Å². The van der Waals surface area contributed by atoms with Crippen LogP contribution in [-0.2, 0) is 9.53 Å². The third-order valence-electron chi connectivity index (χ3n) is 4.45. The van der Waals surface area contributed by atoms with Gasteiger partial charge in [-0.05, 0) is 6.92 Å². The van der Waals surface area contributed by atoms with Gasteiger partial charge < -0.3 is 19.4 Å². The molecule has 1 amide bonds. The molecule has 1 aromatic heterocycles. The molecule has 0 aromatic carbocycles. The molecule has 7 nitrogen and oxygen atoms in total. The van der Waals surface area contributed by atoms with Crippen LogP contribution in [0.4, 0.5) is 24.8 Å². The summed E-state index contributed by atoms with van der Waals surface area (Å²) in [7, 11) is 0. The van der Waals surface area contributed by atoms with E-state index < -0.39 is 18.5 Å². The summed E-state index contributed by atoms with van der Waals surface area (Å²) in [5, 5.41) is 0. The summed E-state index contributed by atoms with van der Waals surface area (Å²) in [6.07, 6.45) is -5.87. The molecule has 0 bridgehead atoms. The average Bonchev–Trinajstić information content (AvgIpc) is 2.61. The van der Waals surface area contributed by atoms with Gasteiger partial charge in [0.2, 0.25) is 5.91 Å². The summed E-state index contributed by atoms with van der Waals surface area (Å²) in [6, 6.07) is 1.89. The van der Waals surface area contributed by atoms with Crippen molar-refractivity contribution in [1.29, 1.82) is 0 Å². The van der Waals surface area contributed by atoms with Crippen LogP contribution in [0.25, 0.3) is 0 Å². The average molecular weight is 373 g/mol. The normalized spacial score (nSPS) is 19.0. The third kappa shape index (κ3) is 4.75. The van der Waals surface area contributed by atoms with Gasteiger partial charge in [0, 0.05) is 45.3 Å². The Kier molecular flexibility index (Phi) is 5.49. The predicted molar refractivity (Wildman–Crippen MR) is 89.3 cm³/mol. The number of halogens is 3. The Hall–Kier alpha value is -2.10. The van der Waals surface area contributed by atoms with Crippen molar-refractivity contribution in [3.05, 3.63) is 11.9 Å². The van der Waals surface area contributed by atoms with Crippen LogP contribution in [0, 0.1) is 6.92 Å². The minimum absolute atomic E-state index is 0.255. The van der Waals surface area contributed by atoms with Crippen molar-refractivity contribution < 1.29 is 22.7 Å². The van der Waals surface area contributed by atoms with Crippen LogP contribution < -0.4 is 9.80 Å². The molecule has 2 aliphatic heterocycles. The maximum absolute atomic E-state index is 12.4. The van der Waals surface area contributed by atoms with Crippen molar-refractivity contribution in [2.45, 2.75) is 19.5 Å². The lowest BCUT2D eigenvalue weighted by molar-refractivity contribution is -0.161. The van der Waals surface area contributed by atoms with Gasteiger partial charge in [-0.25, -0.2) is 9.97 Å². The summed E-state index contributed by atoms with van der Waals surface area (Å²) >= 11 is 0. The summed E-state index contributed by atoms with van der Waals surface area (Å²) in [5.74, 6) is 1.33. The van der Waals surface area contributed by atoms with Gasteiger partial charge in [-0.2, -0.15) is 13.2 Å². The van der Waals surface area contributed by atoms with Crippen molar-refractivity contribution in [1.82, 2.24) is 14.9 Å². The highest BCUT2D eigenvalue weighted by Gasteiger charge is 2.34. The first-order valence-electron chi connectivity index (χ1n) is 8.60. The molecule has 0 unspecified atom stereocenters. The number of nitrogens with zero attached hydrogens (tertiary/aromatic N) is 5. The van der Waals surface area contributed by atoms with Crippen LogP contribution in [0.2, 0.25) is 0 Å². The van der Waals surface area contributed by atoms with E-state index >= 15 is 0 Å². The minimum Gasteiger partial charge on any atom is -0.378 e. The third-order valence-corrected chi connectivity index (χ3v) is 4.45. The molecule has 3 rings (SSSR count). The fourth-order valence-electron chi connectivity index (χ4n) is 3.12. The molecule has 0 aliphatic carbocycles. The number of hydrogen-bond acceptors (Lipinski definition) is 6. The van der Waals surface area contributed by atoms with Crippen LogP contribution >= 0.6 is 0 Å². The van der Waals surface area contributed by atoms with Crippen molar-refractivity contribution in [2.75, 3.05) is 62.3 Å². The molecule has 10 heteroatoms. The quantitative estimate of drug-likeness (QED) is 0.794. The Bertz CT molecular complexity index is 641. The summed E-state index contributed by atoms with van der Waals surface area (Å²) < 4.78 is 42.5. The number of aryl methyl sites for hydroxylation is 1. The van der Waals surface area contributed by atoms with Gasteiger partial charge in [-0.1, -0.05) is 0 Å². The zero-order valence-electron chi connectivity index (χ0n) is 14.6. The van der Waals surface area contributed by atoms with E-state index in [2.05, 4.69) is 14.9 Å².